The van der Waals surface area contributed by atoms with E-state index < -0.39 is 0 Å². The Hall–Kier alpha value is -2.00. The first-order valence-electron chi connectivity index (χ1n) is 5.64. The zero-order valence-corrected chi connectivity index (χ0v) is 10.3. The Bertz CT molecular complexity index is 664. The summed E-state index contributed by atoms with van der Waals surface area (Å²) in [5, 5.41) is 4.75. The van der Waals surface area contributed by atoms with Crippen molar-refractivity contribution in [2.75, 3.05) is 5.32 Å². The highest BCUT2D eigenvalue weighted by Crippen LogP contribution is 2.29. The molecule has 1 N–H and O–H groups in total. The molecule has 0 amide bonds. The number of nitrogens with zero attached hydrogens (tertiary/aromatic N) is 1. The second-order valence-electron chi connectivity index (χ2n) is 3.95. The lowest BCUT2D eigenvalue weighted by Crippen LogP contribution is -1.99. The normalized spacial score (nSPS) is 10.7. The van der Waals surface area contributed by atoms with Gasteiger partial charge in [-0.3, -0.25) is 4.98 Å². The van der Waals surface area contributed by atoms with E-state index in [1.165, 1.54) is 0 Å². The Labute approximate surface area is 109 Å². The molecule has 0 fully saturated rings. The summed E-state index contributed by atoms with van der Waals surface area (Å²) in [7, 11) is 0. The summed E-state index contributed by atoms with van der Waals surface area (Å²) in [6, 6.07) is 11.7. The highest BCUT2D eigenvalue weighted by molar-refractivity contribution is 6.30. The Morgan fingerprint density at radius 1 is 1.17 bits per heavy atom. The summed E-state index contributed by atoms with van der Waals surface area (Å²) in [5.74, 6) is 0. The van der Waals surface area contributed by atoms with E-state index in [9.17, 15) is 0 Å². The van der Waals surface area contributed by atoms with Crippen LogP contribution in [-0.2, 0) is 6.54 Å². The summed E-state index contributed by atoms with van der Waals surface area (Å²) in [5.41, 5.74) is 2.74. The Morgan fingerprint density at radius 3 is 2.89 bits per heavy atom. The number of anilines is 1. The van der Waals surface area contributed by atoms with Crippen molar-refractivity contribution in [2.24, 2.45) is 0 Å². The number of furan rings is 1. The van der Waals surface area contributed by atoms with Gasteiger partial charge in [-0.15, -0.1) is 0 Å². The maximum atomic E-state index is 6.11. The number of halogens is 1. The molecule has 3 aromatic rings. The number of benzene rings is 1. The SMILES string of the molecule is Clc1oc2ccccc2c1CNc1cccnc1. The number of aromatic nitrogens is 1. The van der Waals surface area contributed by atoms with Crippen LogP contribution in [0.1, 0.15) is 5.56 Å². The van der Waals surface area contributed by atoms with Crippen LogP contribution in [0.3, 0.4) is 0 Å². The predicted molar refractivity (Wildman–Crippen MR) is 72.8 cm³/mol. The Balaban J connectivity index is 1.89. The van der Waals surface area contributed by atoms with E-state index in [4.69, 9.17) is 16.0 Å². The van der Waals surface area contributed by atoms with E-state index in [1.807, 2.05) is 36.4 Å². The van der Waals surface area contributed by atoms with Crippen molar-refractivity contribution in [3.05, 3.63) is 59.6 Å². The third kappa shape index (κ3) is 2.05. The van der Waals surface area contributed by atoms with Crippen LogP contribution in [0, 0.1) is 0 Å². The molecule has 0 aliphatic heterocycles. The van der Waals surface area contributed by atoms with Crippen LogP contribution in [0.5, 0.6) is 0 Å². The van der Waals surface area contributed by atoms with E-state index >= 15 is 0 Å². The molecule has 0 saturated heterocycles. The van der Waals surface area contributed by atoms with Gasteiger partial charge in [0.2, 0.25) is 0 Å². The lowest BCUT2D eigenvalue weighted by molar-refractivity contribution is 0.613. The third-order valence-electron chi connectivity index (χ3n) is 2.78. The molecule has 18 heavy (non-hydrogen) atoms. The number of fused-ring (bicyclic) bond motifs is 1. The summed E-state index contributed by atoms with van der Waals surface area (Å²) < 4.78 is 5.50. The van der Waals surface area contributed by atoms with Crippen molar-refractivity contribution in [2.45, 2.75) is 6.54 Å². The van der Waals surface area contributed by atoms with E-state index in [-0.39, 0.29) is 0 Å². The lowest BCUT2D eigenvalue weighted by Gasteiger charge is -2.04. The van der Waals surface area contributed by atoms with E-state index in [1.54, 1.807) is 12.4 Å². The molecular weight excluding hydrogens is 248 g/mol. The highest BCUT2D eigenvalue weighted by Gasteiger charge is 2.11. The van der Waals surface area contributed by atoms with Crippen molar-refractivity contribution in [3.63, 3.8) is 0 Å². The van der Waals surface area contributed by atoms with Crippen molar-refractivity contribution in [1.29, 1.82) is 0 Å². The maximum absolute atomic E-state index is 6.11. The van der Waals surface area contributed by atoms with Crippen molar-refractivity contribution < 1.29 is 4.42 Å². The van der Waals surface area contributed by atoms with E-state index in [0.717, 1.165) is 22.2 Å². The van der Waals surface area contributed by atoms with Gasteiger partial charge in [-0.25, -0.2) is 0 Å². The second kappa shape index (κ2) is 4.70. The molecule has 3 nitrogen and oxygen atoms in total. The van der Waals surface area contributed by atoms with Crippen LogP contribution >= 0.6 is 11.6 Å². The molecule has 0 saturated carbocycles. The molecule has 0 spiro atoms. The first-order valence-corrected chi connectivity index (χ1v) is 6.02. The predicted octanol–water partition coefficient (Wildman–Crippen LogP) is 4.09. The first kappa shape index (κ1) is 11.1. The molecule has 2 aromatic heterocycles. The minimum absolute atomic E-state index is 0.438. The zero-order chi connectivity index (χ0) is 12.4. The Morgan fingerprint density at radius 2 is 2.06 bits per heavy atom. The monoisotopic (exact) mass is 258 g/mol. The number of nitrogens with one attached hydrogen (secondary N) is 1. The summed E-state index contributed by atoms with van der Waals surface area (Å²) >= 11 is 6.11. The molecule has 1 aromatic carbocycles. The minimum Gasteiger partial charge on any atom is -0.444 e. The van der Waals surface area contributed by atoms with E-state index in [0.29, 0.717) is 11.8 Å². The van der Waals surface area contributed by atoms with Gasteiger partial charge in [-0.05, 0) is 29.8 Å². The second-order valence-corrected chi connectivity index (χ2v) is 4.29. The third-order valence-corrected chi connectivity index (χ3v) is 3.09. The molecule has 4 heteroatoms. The first-order chi connectivity index (χ1) is 8.84. The van der Waals surface area contributed by atoms with Crippen LogP contribution in [0.25, 0.3) is 11.0 Å². The summed E-state index contributed by atoms with van der Waals surface area (Å²) in [6.07, 6.45) is 3.52. The largest absolute Gasteiger partial charge is 0.444 e. The number of rotatable bonds is 3. The summed E-state index contributed by atoms with van der Waals surface area (Å²) in [4.78, 5) is 4.05. The van der Waals surface area contributed by atoms with Crippen molar-refractivity contribution >= 4 is 28.3 Å². The Kier molecular flexibility index (Phi) is 2.90. The zero-order valence-electron chi connectivity index (χ0n) is 9.56. The van der Waals surface area contributed by atoms with Crippen molar-refractivity contribution in [3.8, 4) is 0 Å². The van der Waals surface area contributed by atoms with Crippen LogP contribution in [0.15, 0.2) is 53.2 Å². The molecule has 3 rings (SSSR count). The molecule has 0 aliphatic rings. The van der Waals surface area contributed by atoms with Gasteiger partial charge in [0, 0.05) is 29.9 Å². The molecule has 90 valence electrons. The van der Waals surface area contributed by atoms with Gasteiger partial charge >= 0.3 is 0 Å². The number of hydrogen-bond donors (Lipinski definition) is 1. The van der Waals surface area contributed by atoms with Crippen LogP contribution in [-0.4, -0.2) is 4.98 Å². The van der Waals surface area contributed by atoms with Gasteiger partial charge in [-0.2, -0.15) is 0 Å². The van der Waals surface area contributed by atoms with Gasteiger partial charge in [-0.1, -0.05) is 18.2 Å². The molecule has 0 atom stereocenters. The average molecular weight is 259 g/mol. The van der Waals surface area contributed by atoms with Gasteiger partial charge in [0.15, 0.2) is 5.22 Å². The standard InChI is InChI=1S/C14H11ClN2O/c15-14-12(9-17-10-4-3-7-16-8-10)11-5-1-2-6-13(11)18-14/h1-8,17H,9H2. The number of hydrogen-bond acceptors (Lipinski definition) is 3. The lowest BCUT2D eigenvalue weighted by atomic mass is 10.2. The fraction of sp³-hybridized carbons (Fsp3) is 0.0714. The highest BCUT2D eigenvalue weighted by atomic mass is 35.5. The van der Waals surface area contributed by atoms with Crippen LogP contribution in [0.2, 0.25) is 5.22 Å². The molecule has 0 aliphatic carbocycles. The molecule has 0 unspecified atom stereocenters. The maximum Gasteiger partial charge on any atom is 0.199 e. The van der Waals surface area contributed by atoms with Gasteiger partial charge in [0.25, 0.3) is 0 Å². The fourth-order valence-electron chi connectivity index (χ4n) is 1.89. The number of pyridine rings is 1. The molecule has 2 heterocycles. The van der Waals surface area contributed by atoms with Crippen LogP contribution in [0.4, 0.5) is 5.69 Å². The molecule has 0 radical (unpaired) electrons. The average Bonchev–Trinajstić information content (AvgIpc) is 2.73. The fourth-order valence-corrected chi connectivity index (χ4v) is 2.14. The van der Waals surface area contributed by atoms with Gasteiger partial charge in [0.05, 0.1) is 5.69 Å². The summed E-state index contributed by atoms with van der Waals surface area (Å²) in [6.45, 7) is 0.613. The van der Waals surface area contributed by atoms with Gasteiger partial charge < -0.3 is 9.73 Å². The minimum atomic E-state index is 0.438. The molecular formula is C14H11ClN2O. The van der Waals surface area contributed by atoms with E-state index in [2.05, 4.69) is 10.3 Å². The quantitative estimate of drug-likeness (QED) is 0.769. The molecule has 0 bridgehead atoms. The smallest absolute Gasteiger partial charge is 0.199 e. The topological polar surface area (TPSA) is 38.1 Å². The van der Waals surface area contributed by atoms with Crippen molar-refractivity contribution in [1.82, 2.24) is 4.98 Å². The van der Waals surface area contributed by atoms with Crippen LogP contribution < -0.4 is 5.32 Å². The van der Waals surface area contributed by atoms with Gasteiger partial charge in [0.1, 0.15) is 5.58 Å². The number of para-hydroxylation sites is 1.